The second-order valence-corrected chi connectivity index (χ2v) is 11.6. The molecule has 0 N–H and O–H groups in total. The van der Waals surface area contributed by atoms with Crippen molar-refractivity contribution in [1.82, 2.24) is 0 Å². The minimum Gasteiger partial charge on any atom is -0.464 e. The molecule has 0 bridgehead atoms. The molecule has 0 saturated heterocycles. The third-order valence-corrected chi connectivity index (χ3v) is 9.31. The molecule has 2 aromatic heterocycles. The van der Waals surface area contributed by atoms with Crippen LogP contribution in [0, 0.1) is 0 Å². The smallest absolute Gasteiger partial charge is 0.139 e. The van der Waals surface area contributed by atoms with Crippen molar-refractivity contribution >= 4 is 76.0 Å². The Morgan fingerprint density at radius 1 is 0.318 bits per heavy atom. The summed E-state index contributed by atoms with van der Waals surface area (Å²) in [4.78, 5) is 0. The van der Waals surface area contributed by atoms with Crippen molar-refractivity contribution in [3.8, 4) is 22.3 Å². The highest BCUT2D eigenvalue weighted by atomic mass is 16.3. The lowest BCUT2D eigenvalue weighted by Crippen LogP contribution is -1.92. The van der Waals surface area contributed by atoms with Gasteiger partial charge in [-0.05, 0) is 72.4 Å². The Balaban J connectivity index is 1.35. The van der Waals surface area contributed by atoms with Crippen LogP contribution in [0.25, 0.3) is 98.3 Å². The number of hydrogen-bond donors (Lipinski definition) is 0. The molecule has 0 amide bonds. The maximum Gasteiger partial charge on any atom is 0.139 e. The van der Waals surface area contributed by atoms with E-state index in [9.17, 15) is 0 Å². The molecular weight excluding hydrogens is 536 g/mol. The van der Waals surface area contributed by atoms with E-state index in [0.717, 1.165) is 38.5 Å². The summed E-state index contributed by atoms with van der Waals surface area (Å²) in [5.41, 5.74) is 7.35. The average Bonchev–Trinajstić information content (AvgIpc) is 3.66. The highest BCUT2D eigenvalue weighted by molar-refractivity contribution is 6.27. The average molecular weight is 561 g/mol. The molecule has 0 aliphatic rings. The van der Waals surface area contributed by atoms with Gasteiger partial charge in [-0.15, -0.1) is 0 Å². The lowest BCUT2D eigenvalue weighted by Gasteiger charge is -2.19. The van der Waals surface area contributed by atoms with Gasteiger partial charge in [0.15, 0.2) is 0 Å². The summed E-state index contributed by atoms with van der Waals surface area (Å²) >= 11 is 0. The zero-order valence-corrected chi connectivity index (χ0v) is 23.7. The molecule has 0 aliphatic carbocycles. The first kappa shape index (κ1) is 23.7. The monoisotopic (exact) mass is 560 g/mol. The standard InChI is InChI=1S/C42H24O2/c1-2-12-26-25(11-1)21-36(28-14-4-3-13-27(26)28)41-30-16-5-7-18-32(30)42(33-19-8-6-17-31(33)41)37-24-43-39-23-40-34(22-35(37)39)29-15-9-10-20-38(29)44-40/h1-24H. The van der Waals surface area contributed by atoms with Crippen molar-refractivity contribution in [3.05, 3.63) is 146 Å². The quantitative estimate of drug-likeness (QED) is 0.155. The van der Waals surface area contributed by atoms with Crippen molar-refractivity contribution in [1.29, 1.82) is 0 Å². The summed E-state index contributed by atoms with van der Waals surface area (Å²) < 4.78 is 12.5. The largest absolute Gasteiger partial charge is 0.464 e. The molecule has 0 radical (unpaired) electrons. The molecule has 8 aromatic carbocycles. The Bertz CT molecular complexity index is 2720. The van der Waals surface area contributed by atoms with E-state index in [2.05, 4.69) is 121 Å². The molecule has 0 fully saturated rings. The summed E-state index contributed by atoms with van der Waals surface area (Å²) in [6.45, 7) is 0. The van der Waals surface area contributed by atoms with E-state index in [-0.39, 0.29) is 0 Å². The third-order valence-electron chi connectivity index (χ3n) is 9.31. The van der Waals surface area contributed by atoms with Crippen LogP contribution in [0.1, 0.15) is 0 Å². The Hall–Kier alpha value is -5.86. The third kappa shape index (κ3) is 3.20. The number of benzene rings is 8. The van der Waals surface area contributed by atoms with Crippen LogP contribution in [-0.2, 0) is 0 Å². The molecule has 10 rings (SSSR count). The zero-order valence-electron chi connectivity index (χ0n) is 23.7. The molecule has 2 heterocycles. The van der Waals surface area contributed by atoms with Gasteiger partial charge in [-0.3, -0.25) is 0 Å². The van der Waals surface area contributed by atoms with Gasteiger partial charge < -0.3 is 8.83 Å². The van der Waals surface area contributed by atoms with E-state index in [0.29, 0.717) is 0 Å². The van der Waals surface area contributed by atoms with Crippen LogP contribution < -0.4 is 0 Å². The lowest BCUT2D eigenvalue weighted by atomic mass is 9.84. The summed E-state index contributed by atoms with van der Waals surface area (Å²) in [5, 5.41) is 13.2. The van der Waals surface area contributed by atoms with Crippen LogP contribution >= 0.6 is 0 Å². The minimum absolute atomic E-state index is 0.823. The minimum atomic E-state index is 0.823. The number of hydrogen-bond acceptors (Lipinski definition) is 2. The maximum absolute atomic E-state index is 6.27. The highest BCUT2D eigenvalue weighted by Gasteiger charge is 2.22. The lowest BCUT2D eigenvalue weighted by molar-refractivity contribution is 0.614. The fraction of sp³-hybridized carbons (Fsp3) is 0. The Morgan fingerprint density at radius 2 is 0.864 bits per heavy atom. The number of rotatable bonds is 2. The van der Waals surface area contributed by atoms with Gasteiger partial charge in [0.2, 0.25) is 0 Å². The molecule has 0 unspecified atom stereocenters. The second kappa shape index (κ2) is 8.82. The SMILES string of the molecule is c1ccc2c(c1)cc(-c1c3ccccc3c(-c3coc4cc5oc6ccccc6c5cc34)c3ccccc13)c1ccccc12. The Morgan fingerprint density at radius 3 is 1.57 bits per heavy atom. The van der Waals surface area contributed by atoms with Crippen molar-refractivity contribution in [2.24, 2.45) is 0 Å². The fourth-order valence-corrected chi connectivity index (χ4v) is 7.41. The van der Waals surface area contributed by atoms with E-state index in [1.165, 1.54) is 59.8 Å². The van der Waals surface area contributed by atoms with E-state index >= 15 is 0 Å². The number of furan rings is 2. The molecule has 10 aromatic rings. The molecule has 0 saturated carbocycles. The Labute approximate surface area is 252 Å². The summed E-state index contributed by atoms with van der Waals surface area (Å²) in [6, 6.07) is 50.0. The molecule has 2 heteroatoms. The van der Waals surface area contributed by atoms with E-state index in [1.807, 2.05) is 24.5 Å². The van der Waals surface area contributed by atoms with Gasteiger partial charge in [-0.2, -0.15) is 0 Å². The zero-order chi connectivity index (χ0) is 28.8. The van der Waals surface area contributed by atoms with Crippen molar-refractivity contribution < 1.29 is 8.83 Å². The van der Waals surface area contributed by atoms with Crippen LogP contribution in [0.5, 0.6) is 0 Å². The number of para-hydroxylation sites is 1. The van der Waals surface area contributed by atoms with Crippen LogP contribution in [0.2, 0.25) is 0 Å². The van der Waals surface area contributed by atoms with Crippen molar-refractivity contribution in [2.75, 3.05) is 0 Å². The summed E-state index contributed by atoms with van der Waals surface area (Å²) in [5.74, 6) is 0. The Kier molecular flexibility index (Phi) is 4.75. The van der Waals surface area contributed by atoms with E-state index < -0.39 is 0 Å². The van der Waals surface area contributed by atoms with Crippen molar-refractivity contribution in [2.45, 2.75) is 0 Å². The van der Waals surface area contributed by atoms with Gasteiger partial charge in [0, 0.05) is 33.4 Å². The van der Waals surface area contributed by atoms with Crippen molar-refractivity contribution in [3.63, 3.8) is 0 Å². The number of fused-ring (bicyclic) bond motifs is 9. The van der Waals surface area contributed by atoms with Gasteiger partial charge in [0.05, 0.1) is 6.26 Å². The van der Waals surface area contributed by atoms with Gasteiger partial charge >= 0.3 is 0 Å². The van der Waals surface area contributed by atoms with Gasteiger partial charge in [0.1, 0.15) is 16.7 Å². The summed E-state index contributed by atoms with van der Waals surface area (Å²) in [7, 11) is 0. The molecule has 0 atom stereocenters. The van der Waals surface area contributed by atoms with Gasteiger partial charge in [0.25, 0.3) is 0 Å². The predicted molar refractivity (Wildman–Crippen MR) is 184 cm³/mol. The predicted octanol–water partition coefficient (Wildman–Crippen LogP) is 12.3. The van der Waals surface area contributed by atoms with Crippen LogP contribution in [0.3, 0.4) is 0 Å². The topological polar surface area (TPSA) is 26.3 Å². The van der Waals surface area contributed by atoms with Crippen LogP contribution in [-0.4, -0.2) is 0 Å². The van der Waals surface area contributed by atoms with Crippen LogP contribution in [0.15, 0.2) is 155 Å². The normalized spacial score (nSPS) is 12.1. The maximum atomic E-state index is 6.27. The molecular formula is C42H24O2. The molecule has 204 valence electrons. The first-order valence-corrected chi connectivity index (χ1v) is 15.0. The summed E-state index contributed by atoms with van der Waals surface area (Å²) in [6.07, 6.45) is 1.92. The van der Waals surface area contributed by atoms with E-state index in [4.69, 9.17) is 8.83 Å². The first-order chi connectivity index (χ1) is 21.8. The molecule has 0 aliphatic heterocycles. The van der Waals surface area contributed by atoms with Crippen LogP contribution in [0.4, 0.5) is 0 Å². The van der Waals surface area contributed by atoms with Gasteiger partial charge in [-0.1, -0.05) is 115 Å². The fourth-order valence-electron chi connectivity index (χ4n) is 7.41. The molecule has 2 nitrogen and oxygen atoms in total. The van der Waals surface area contributed by atoms with E-state index in [1.54, 1.807) is 0 Å². The first-order valence-electron chi connectivity index (χ1n) is 15.0. The molecule has 44 heavy (non-hydrogen) atoms. The van der Waals surface area contributed by atoms with Gasteiger partial charge in [-0.25, -0.2) is 0 Å². The molecule has 0 spiro atoms. The second-order valence-electron chi connectivity index (χ2n) is 11.6. The highest BCUT2D eigenvalue weighted by Crippen LogP contribution is 2.48.